The Morgan fingerprint density at radius 3 is 2.88 bits per heavy atom. The molecule has 1 aromatic carbocycles. The van der Waals surface area contributed by atoms with E-state index >= 15 is 0 Å². The van der Waals surface area contributed by atoms with Crippen molar-refractivity contribution >= 4 is 22.5 Å². The minimum atomic E-state index is 0.0823. The third kappa shape index (κ3) is 1.94. The highest BCUT2D eigenvalue weighted by atomic mass is 16.1. The highest BCUT2D eigenvalue weighted by Gasteiger charge is 2.07. The largest absolute Gasteiger partial charge is 0.348 e. The van der Waals surface area contributed by atoms with Crippen LogP contribution in [0.3, 0.4) is 0 Å². The molecule has 3 heteroatoms. The minimum Gasteiger partial charge on any atom is -0.348 e. The molecular formula is C13H16N2O. The normalized spacial score (nSPS) is 10.6. The Morgan fingerprint density at radius 2 is 2.12 bits per heavy atom. The van der Waals surface area contributed by atoms with Gasteiger partial charge >= 0.3 is 0 Å². The number of carbonyl (C=O) groups excluding carboxylic acids is 1. The fraction of sp³-hybridized carbons (Fsp3) is 0.308. The number of hydrogen-bond donors (Lipinski definition) is 1. The van der Waals surface area contributed by atoms with E-state index in [2.05, 4.69) is 5.32 Å². The molecule has 0 saturated carbocycles. The van der Waals surface area contributed by atoms with Gasteiger partial charge in [0.1, 0.15) is 0 Å². The van der Waals surface area contributed by atoms with Crippen LogP contribution in [0.25, 0.3) is 10.9 Å². The van der Waals surface area contributed by atoms with E-state index in [1.54, 1.807) is 0 Å². The number of carbonyl (C=O) groups is 1. The van der Waals surface area contributed by atoms with Gasteiger partial charge in [-0.25, -0.2) is 0 Å². The molecule has 1 N–H and O–H groups in total. The van der Waals surface area contributed by atoms with Crippen LogP contribution in [0.5, 0.6) is 0 Å². The SMILES string of the molecule is CCCC(=O)Nc1cn(C)c2ccccc12. The van der Waals surface area contributed by atoms with E-state index in [9.17, 15) is 4.79 Å². The Bertz CT molecular complexity index is 514. The van der Waals surface area contributed by atoms with Gasteiger partial charge in [-0.2, -0.15) is 0 Å². The Kier molecular flexibility index (Phi) is 2.95. The number of benzene rings is 1. The Morgan fingerprint density at radius 1 is 1.38 bits per heavy atom. The average Bonchev–Trinajstić information content (AvgIpc) is 2.57. The van der Waals surface area contributed by atoms with Gasteiger partial charge in [-0.3, -0.25) is 4.79 Å². The zero-order valence-electron chi connectivity index (χ0n) is 9.66. The predicted molar refractivity (Wildman–Crippen MR) is 66.5 cm³/mol. The van der Waals surface area contributed by atoms with Gasteiger partial charge < -0.3 is 9.88 Å². The van der Waals surface area contributed by atoms with Crippen molar-refractivity contribution in [1.29, 1.82) is 0 Å². The van der Waals surface area contributed by atoms with E-state index in [0.717, 1.165) is 23.0 Å². The molecule has 84 valence electrons. The fourth-order valence-corrected chi connectivity index (χ4v) is 1.88. The maximum absolute atomic E-state index is 11.5. The van der Waals surface area contributed by atoms with E-state index in [1.165, 1.54) is 0 Å². The van der Waals surface area contributed by atoms with Gasteiger partial charge in [-0.1, -0.05) is 25.1 Å². The van der Waals surface area contributed by atoms with Crippen molar-refractivity contribution in [2.24, 2.45) is 7.05 Å². The minimum absolute atomic E-state index is 0.0823. The van der Waals surface area contributed by atoms with Crippen molar-refractivity contribution in [2.45, 2.75) is 19.8 Å². The molecule has 0 atom stereocenters. The summed E-state index contributed by atoms with van der Waals surface area (Å²) in [5, 5.41) is 4.04. The van der Waals surface area contributed by atoms with Crippen molar-refractivity contribution in [1.82, 2.24) is 4.57 Å². The summed E-state index contributed by atoms with van der Waals surface area (Å²) in [6.45, 7) is 2.00. The van der Waals surface area contributed by atoms with E-state index in [1.807, 2.05) is 49.0 Å². The molecule has 0 aliphatic carbocycles. The number of aryl methyl sites for hydroxylation is 1. The monoisotopic (exact) mass is 216 g/mol. The topological polar surface area (TPSA) is 34.0 Å². The average molecular weight is 216 g/mol. The van der Waals surface area contributed by atoms with Crippen molar-refractivity contribution in [3.8, 4) is 0 Å². The van der Waals surface area contributed by atoms with Gasteiger partial charge in [0, 0.05) is 30.6 Å². The summed E-state index contributed by atoms with van der Waals surface area (Å²) in [6, 6.07) is 8.06. The number of amides is 1. The Labute approximate surface area is 95.1 Å². The molecule has 1 aromatic heterocycles. The lowest BCUT2D eigenvalue weighted by molar-refractivity contribution is -0.116. The smallest absolute Gasteiger partial charge is 0.224 e. The van der Waals surface area contributed by atoms with E-state index < -0.39 is 0 Å². The number of aromatic nitrogens is 1. The molecule has 16 heavy (non-hydrogen) atoms. The first-order valence-corrected chi connectivity index (χ1v) is 5.56. The molecule has 0 fully saturated rings. The highest BCUT2D eigenvalue weighted by molar-refractivity contribution is 6.01. The second-order valence-corrected chi connectivity index (χ2v) is 3.97. The molecule has 1 amide bonds. The molecule has 0 aliphatic rings. The predicted octanol–water partition coefficient (Wildman–Crippen LogP) is 2.92. The van der Waals surface area contributed by atoms with Crippen LogP contribution < -0.4 is 5.32 Å². The summed E-state index contributed by atoms with van der Waals surface area (Å²) in [7, 11) is 1.98. The number of nitrogens with zero attached hydrogens (tertiary/aromatic N) is 1. The molecule has 0 spiro atoms. The van der Waals surface area contributed by atoms with Crippen molar-refractivity contribution < 1.29 is 4.79 Å². The van der Waals surface area contributed by atoms with Crippen LogP contribution in [-0.4, -0.2) is 10.5 Å². The van der Waals surface area contributed by atoms with Crippen LogP contribution in [-0.2, 0) is 11.8 Å². The molecular weight excluding hydrogens is 200 g/mol. The molecule has 0 aliphatic heterocycles. The number of para-hydroxylation sites is 1. The number of rotatable bonds is 3. The second kappa shape index (κ2) is 4.39. The third-order valence-corrected chi connectivity index (χ3v) is 2.65. The fourth-order valence-electron chi connectivity index (χ4n) is 1.88. The maximum atomic E-state index is 11.5. The Hall–Kier alpha value is -1.77. The lowest BCUT2D eigenvalue weighted by Crippen LogP contribution is -2.10. The van der Waals surface area contributed by atoms with Crippen molar-refractivity contribution in [3.63, 3.8) is 0 Å². The van der Waals surface area contributed by atoms with E-state index in [-0.39, 0.29) is 5.91 Å². The van der Waals surface area contributed by atoms with Crippen LogP contribution in [0.2, 0.25) is 0 Å². The van der Waals surface area contributed by atoms with Crippen molar-refractivity contribution in [2.75, 3.05) is 5.32 Å². The summed E-state index contributed by atoms with van der Waals surface area (Å²) in [6.07, 6.45) is 3.40. The van der Waals surface area contributed by atoms with Crippen LogP contribution in [0.15, 0.2) is 30.5 Å². The second-order valence-electron chi connectivity index (χ2n) is 3.97. The number of nitrogens with one attached hydrogen (secondary N) is 1. The third-order valence-electron chi connectivity index (χ3n) is 2.65. The summed E-state index contributed by atoms with van der Waals surface area (Å²) >= 11 is 0. The summed E-state index contributed by atoms with van der Waals surface area (Å²) in [5.41, 5.74) is 2.03. The molecule has 3 nitrogen and oxygen atoms in total. The first kappa shape index (κ1) is 10.7. The zero-order chi connectivity index (χ0) is 11.5. The molecule has 1 heterocycles. The van der Waals surface area contributed by atoms with Gasteiger partial charge in [-0.15, -0.1) is 0 Å². The quantitative estimate of drug-likeness (QED) is 0.841. The number of hydrogen-bond acceptors (Lipinski definition) is 1. The molecule has 2 aromatic rings. The number of anilines is 1. The first-order chi connectivity index (χ1) is 7.72. The summed E-state index contributed by atoms with van der Waals surface area (Å²) in [4.78, 5) is 11.5. The van der Waals surface area contributed by atoms with E-state index in [0.29, 0.717) is 6.42 Å². The van der Waals surface area contributed by atoms with Crippen molar-refractivity contribution in [3.05, 3.63) is 30.5 Å². The van der Waals surface area contributed by atoms with Gasteiger partial charge in [0.2, 0.25) is 5.91 Å². The summed E-state index contributed by atoms with van der Waals surface area (Å²) < 4.78 is 2.02. The van der Waals surface area contributed by atoms with Gasteiger partial charge in [0.05, 0.1) is 5.69 Å². The van der Waals surface area contributed by atoms with Crippen LogP contribution in [0, 0.1) is 0 Å². The van der Waals surface area contributed by atoms with Gasteiger partial charge in [-0.05, 0) is 12.5 Å². The Balaban J connectivity index is 2.34. The molecule has 0 bridgehead atoms. The molecule has 2 rings (SSSR count). The first-order valence-electron chi connectivity index (χ1n) is 5.56. The van der Waals surface area contributed by atoms with Gasteiger partial charge in [0.15, 0.2) is 0 Å². The van der Waals surface area contributed by atoms with Crippen LogP contribution in [0.1, 0.15) is 19.8 Å². The standard InChI is InChI=1S/C13H16N2O/c1-3-6-13(16)14-11-9-15(2)12-8-5-4-7-10(11)12/h4-5,7-9H,3,6H2,1-2H3,(H,14,16). The highest BCUT2D eigenvalue weighted by Crippen LogP contribution is 2.24. The maximum Gasteiger partial charge on any atom is 0.224 e. The zero-order valence-corrected chi connectivity index (χ0v) is 9.66. The molecule has 0 unspecified atom stereocenters. The molecule has 0 radical (unpaired) electrons. The molecule has 0 saturated heterocycles. The van der Waals surface area contributed by atoms with Gasteiger partial charge in [0.25, 0.3) is 0 Å². The summed E-state index contributed by atoms with van der Waals surface area (Å²) in [5.74, 6) is 0.0823. The number of fused-ring (bicyclic) bond motifs is 1. The lowest BCUT2D eigenvalue weighted by Gasteiger charge is -2.01. The van der Waals surface area contributed by atoms with Crippen LogP contribution >= 0.6 is 0 Å². The van der Waals surface area contributed by atoms with E-state index in [4.69, 9.17) is 0 Å². The van der Waals surface area contributed by atoms with Crippen LogP contribution in [0.4, 0.5) is 5.69 Å². The lowest BCUT2D eigenvalue weighted by atomic mass is 10.2.